The van der Waals surface area contributed by atoms with E-state index < -0.39 is 0 Å². The van der Waals surface area contributed by atoms with Crippen LogP contribution in [0.2, 0.25) is 0 Å². The summed E-state index contributed by atoms with van der Waals surface area (Å²) in [6.07, 6.45) is 8.55. The first kappa shape index (κ1) is 27.4. The van der Waals surface area contributed by atoms with Crippen LogP contribution in [0.3, 0.4) is 0 Å². The van der Waals surface area contributed by atoms with Gasteiger partial charge < -0.3 is 24.0 Å². The second-order valence-corrected chi connectivity index (χ2v) is 11.4. The van der Waals surface area contributed by atoms with Crippen molar-refractivity contribution in [3.8, 4) is 17.2 Å². The van der Waals surface area contributed by atoms with E-state index in [0.717, 1.165) is 87.4 Å². The van der Waals surface area contributed by atoms with Crippen molar-refractivity contribution < 1.29 is 23.8 Å². The average Bonchev–Trinajstić information content (AvgIpc) is 3.19. The van der Waals surface area contributed by atoms with Gasteiger partial charge in [0.2, 0.25) is 11.8 Å². The first-order chi connectivity index (χ1) is 19.0. The molecule has 3 heterocycles. The molecule has 2 aromatic carbocycles. The molecule has 7 nitrogen and oxygen atoms in total. The van der Waals surface area contributed by atoms with Crippen LogP contribution >= 0.6 is 0 Å². The molecule has 2 amide bonds. The molecule has 0 bridgehead atoms. The molecule has 1 spiro atoms. The summed E-state index contributed by atoms with van der Waals surface area (Å²) in [7, 11) is 1.94. The summed E-state index contributed by atoms with van der Waals surface area (Å²) in [4.78, 5) is 30.1. The lowest BCUT2D eigenvalue weighted by Gasteiger charge is -2.44. The molecular weight excluding hydrogens is 492 g/mol. The minimum Gasteiger partial charge on any atom is -0.493 e. The fourth-order valence-corrected chi connectivity index (χ4v) is 6.18. The van der Waals surface area contributed by atoms with Crippen molar-refractivity contribution in [2.45, 2.75) is 64.2 Å². The molecule has 3 aliphatic rings. The molecule has 0 saturated carbocycles. The molecule has 1 fully saturated rings. The zero-order chi connectivity index (χ0) is 27.1. The summed E-state index contributed by atoms with van der Waals surface area (Å²) < 4.78 is 17.6. The van der Waals surface area contributed by atoms with Crippen molar-refractivity contribution in [2.24, 2.45) is 5.41 Å². The van der Waals surface area contributed by atoms with Crippen molar-refractivity contribution in [1.29, 1.82) is 0 Å². The van der Waals surface area contributed by atoms with Gasteiger partial charge in [0.25, 0.3) is 0 Å². The molecule has 0 atom stereocenters. The number of aryl methyl sites for hydroxylation is 1. The summed E-state index contributed by atoms with van der Waals surface area (Å²) in [6, 6.07) is 14.1. The molecule has 39 heavy (non-hydrogen) atoms. The van der Waals surface area contributed by atoms with Crippen LogP contribution in [0, 0.1) is 5.41 Å². The van der Waals surface area contributed by atoms with Gasteiger partial charge >= 0.3 is 0 Å². The Kier molecular flexibility index (Phi) is 8.95. The minimum atomic E-state index is 0.0522. The first-order valence-electron chi connectivity index (χ1n) is 14.6. The lowest BCUT2D eigenvalue weighted by Crippen LogP contribution is -2.48. The third-order valence-electron chi connectivity index (χ3n) is 8.51. The van der Waals surface area contributed by atoms with Crippen LogP contribution in [0.25, 0.3) is 0 Å². The predicted octanol–water partition coefficient (Wildman–Crippen LogP) is 5.04. The Morgan fingerprint density at radius 2 is 1.56 bits per heavy atom. The van der Waals surface area contributed by atoms with E-state index in [1.54, 1.807) is 0 Å². The molecule has 2 aromatic rings. The lowest BCUT2D eigenvalue weighted by molar-refractivity contribution is -0.136. The Balaban J connectivity index is 1.21. The number of hydrogen-bond acceptors (Lipinski definition) is 5. The average molecular weight is 535 g/mol. The molecule has 210 valence electrons. The molecule has 3 aliphatic heterocycles. The number of hydrogen-bond donors (Lipinski definition) is 0. The van der Waals surface area contributed by atoms with E-state index in [1.807, 2.05) is 47.2 Å². The van der Waals surface area contributed by atoms with Gasteiger partial charge in [-0.05, 0) is 73.3 Å². The zero-order valence-corrected chi connectivity index (χ0v) is 23.3. The number of nitrogens with zero attached hydrogens (tertiary/aromatic N) is 2. The SMILES string of the molecule is CN1CC2(CCCCc3ccccc3OCCCC1=O)CCN(C(=O)Cc1ccc3c(c1)OCCCO3)CC2. The Bertz CT molecular complexity index is 1140. The second kappa shape index (κ2) is 12.8. The largest absolute Gasteiger partial charge is 0.493 e. The first-order valence-corrected chi connectivity index (χ1v) is 14.6. The monoisotopic (exact) mass is 534 g/mol. The van der Waals surface area contributed by atoms with Crippen molar-refractivity contribution in [3.63, 3.8) is 0 Å². The molecule has 0 aromatic heterocycles. The van der Waals surface area contributed by atoms with Crippen LogP contribution in [0.5, 0.6) is 17.2 Å². The van der Waals surface area contributed by atoms with Crippen LogP contribution in [0.4, 0.5) is 0 Å². The number of carbonyl (C=O) groups is 2. The number of carbonyl (C=O) groups excluding carboxylic acids is 2. The number of ether oxygens (including phenoxy) is 3. The molecule has 0 radical (unpaired) electrons. The van der Waals surface area contributed by atoms with E-state index in [9.17, 15) is 9.59 Å². The Morgan fingerprint density at radius 3 is 2.41 bits per heavy atom. The number of likely N-dealkylation sites (tertiary alicyclic amines) is 1. The highest BCUT2D eigenvalue weighted by atomic mass is 16.5. The predicted molar refractivity (Wildman–Crippen MR) is 150 cm³/mol. The number of fused-ring (bicyclic) bond motifs is 2. The Morgan fingerprint density at radius 1 is 0.821 bits per heavy atom. The zero-order valence-electron chi connectivity index (χ0n) is 23.3. The molecule has 0 aliphatic carbocycles. The summed E-state index contributed by atoms with van der Waals surface area (Å²) in [6.45, 7) is 4.08. The molecule has 5 rings (SSSR count). The van der Waals surface area contributed by atoms with Crippen molar-refractivity contribution in [3.05, 3.63) is 53.6 Å². The Labute approximate surface area is 232 Å². The van der Waals surface area contributed by atoms with Crippen molar-refractivity contribution in [2.75, 3.05) is 46.5 Å². The third kappa shape index (κ3) is 7.06. The van der Waals surface area contributed by atoms with Gasteiger partial charge in [0.15, 0.2) is 11.5 Å². The number of amides is 2. The molecule has 7 heteroatoms. The van der Waals surface area contributed by atoms with Crippen molar-refractivity contribution in [1.82, 2.24) is 9.80 Å². The normalized spacial score (nSPS) is 20.4. The fourth-order valence-electron chi connectivity index (χ4n) is 6.18. The lowest BCUT2D eigenvalue weighted by atomic mass is 9.73. The van der Waals surface area contributed by atoms with E-state index >= 15 is 0 Å². The topological polar surface area (TPSA) is 68.3 Å². The van der Waals surface area contributed by atoms with Gasteiger partial charge in [0.1, 0.15) is 5.75 Å². The standard InChI is InChI=1S/C32H42N2O5/c1-33-24-32(14-5-4-9-26-8-2-3-10-27(26)37-19-6-11-30(33)35)15-17-34(18-16-32)31(36)23-25-12-13-28-29(22-25)39-21-7-20-38-28/h2-3,8,10,12-13,22H,4-7,9,11,14-21,23-24H2,1H3. The van der Waals surface area contributed by atoms with Gasteiger partial charge in [-0.3, -0.25) is 9.59 Å². The maximum Gasteiger partial charge on any atom is 0.226 e. The number of piperidine rings is 1. The smallest absolute Gasteiger partial charge is 0.226 e. The van der Waals surface area contributed by atoms with Gasteiger partial charge in [0, 0.05) is 39.5 Å². The molecular formula is C32H42N2O5. The number of para-hydroxylation sites is 1. The van der Waals surface area contributed by atoms with Gasteiger partial charge in [-0.25, -0.2) is 0 Å². The van der Waals surface area contributed by atoms with E-state index in [4.69, 9.17) is 14.2 Å². The summed E-state index contributed by atoms with van der Waals surface area (Å²) in [5, 5.41) is 0. The second-order valence-electron chi connectivity index (χ2n) is 11.4. The maximum atomic E-state index is 13.3. The number of benzene rings is 2. The van der Waals surface area contributed by atoms with Gasteiger partial charge in [-0.1, -0.05) is 30.7 Å². The molecule has 0 N–H and O–H groups in total. The maximum absolute atomic E-state index is 13.3. The summed E-state index contributed by atoms with van der Waals surface area (Å²) >= 11 is 0. The molecule has 0 unspecified atom stereocenters. The van der Waals surface area contributed by atoms with Gasteiger partial charge in [0.05, 0.1) is 26.2 Å². The quantitative estimate of drug-likeness (QED) is 0.540. The fraction of sp³-hybridized carbons (Fsp3) is 0.562. The third-order valence-corrected chi connectivity index (χ3v) is 8.51. The van der Waals surface area contributed by atoms with Gasteiger partial charge in [-0.2, -0.15) is 0 Å². The van der Waals surface area contributed by atoms with E-state index in [1.165, 1.54) is 5.56 Å². The van der Waals surface area contributed by atoms with Crippen LogP contribution in [0.15, 0.2) is 42.5 Å². The van der Waals surface area contributed by atoms with Crippen LogP contribution in [-0.2, 0) is 22.4 Å². The highest BCUT2D eigenvalue weighted by molar-refractivity contribution is 5.79. The summed E-state index contributed by atoms with van der Waals surface area (Å²) in [5.74, 6) is 2.77. The molecule has 1 saturated heterocycles. The van der Waals surface area contributed by atoms with Crippen LogP contribution in [-0.4, -0.2) is 68.1 Å². The highest BCUT2D eigenvalue weighted by Gasteiger charge is 2.37. The summed E-state index contributed by atoms with van der Waals surface area (Å²) in [5.41, 5.74) is 2.26. The Hall–Kier alpha value is -3.22. The van der Waals surface area contributed by atoms with Crippen LogP contribution in [0.1, 0.15) is 62.5 Å². The van der Waals surface area contributed by atoms with Crippen LogP contribution < -0.4 is 14.2 Å². The minimum absolute atomic E-state index is 0.0522. The van der Waals surface area contributed by atoms with Gasteiger partial charge in [-0.15, -0.1) is 0 Å². The van der Waals surface area contributed by atoms with Crippen molar-refractivity contribution >= 4 is 11.8 Å². The number of rotatable bonds is 2. The van der Waals surface area contributed by atoms with E-state index in [0.29, 0.717) is 39.1 Å². The van der Waals surface area contributed by atoms with E-state index in [-0.39, 0.29) is 17.2 Å². The van der Waals surface area contributed by atoms with E-state index in [2.05, 4.69) is 12.1 Å². The highest BCUT2D eigenvalue weighted by Crippen LogP contribution is 2.38.